The summed E-state index contributed by atoms with van der Waals surface area (Å²) in [4.78, 5) is 34.6. The number of esters is 2. The van der Waals surface area contributed by atoms with E-state index >= 15 is 0 Å². The molecule has 6 nitrogen and oxygen atoms in total. The highest BCUT2D eigenvalue weighted by atomic mass is 16.6. The average Bonchev–Trinajstić information content (AvgIpc) is 2.48. The van der Waals surface area contributed by atoms with Gasteiger partial charge in [0.25, 0.3) is 5.91 Å². The number of amides is 1. The maximum atomic E-state index is 11.6. The van der Waals surface area contributed by atoms with E-state index < -0.39 is 24.1 Å². The van der Waals surface area contributed by atoms with E-state index in [0.29, 0.717) is 0 Å². The molecular formula is C15H17NO5. The number of hydrogen-bond donors (Lipinski definition) is 1. The summed E-state index contributed by atoms with van der Waals surface area (Å²) < 4.78 is 9.97. The van der Waals surface area contributed by atoms with Crippen molar-refractivity contribution in [1.82, 2.24) is 5.32 Å². The number of cyclic esters (lactones) is 1. The SMILES string of the molecule is CC1OC(=O)C(CCC(=O)OCc2ccccc2)NC1=O. The van der Waals surface area contributed by atoms with Gasteiger partial charge in [0.15, 0.2) is 6.10 Å². The van der Waals surface area contributed by atoms with Crippen LogP contribution in [0.5, 0.6) is 0 Å². The molecule has 0 saturated carbocycles. The second-order valence-corrected chi connectivity index (χ2v) is 4.83. The Hall–Kier alpha value is -2.37. The third kappa shape index (κ3) is 4.30. The number of benzene rings is 1. The topological polar surface area (TPSA) is 81.7 Å². The molecule has 2 atom stereocenters. The van der Waals surface area contributed by atoms with Crippen molar-refractivity contribution in [2.75, 3.05) is 0 Å². The predicted molar refractivity (Wildman–Crippen MR) is 73.0 cm³/mol. The molecule has 1 aliphatic heterocycles. The monoisotopic (exact) mass is 291 g/mol. The first-order chi connectivity index (χ1) is 10.1. The Labute approximate surface area is 122 Å². The van der Waals surface area contributed by atoms with Crippen LogP contribution in [-0.2, 0) is 30.5 Å². The fourth-order valence-corrected chi connectivity index (χ4v) is 1.92. The molecule has 2 rings (SSSR count). The number of morpholine rings is 1. The Kier molecular flexibility index (Phi) is 4.92. The summed E-state index contributed by atoms with van der Waals surface area (Å²) in [6.45, 7) is 1.69. The highest BCUT2D eigenvalue weighted by Crippen LogP contribution is 2.10. The first-order valence-corrected chi connectivity index (χ1v) is 6.76. The molecule has 1 aromatic rings. The van der Waals surface area contributed by atoms with Gasteiger partial charge in [-0.2, -0.15) is 0 Å². The Morgan fingerprint density at radius 3 is 2.71 bits per heavy atom. The molecule has 0 radical (unpaired) electrons. The lowest BCUT2D eigenvalue weighted by atomic mass is 10.1. The largest absolute Gasteiger partial charge is 0.461 e. The summed E-state index contributed by atoms with van der Waals surface area (Å²) in [7, 11) is 0. The standard InChI is InChI=1S/C15H17NO5/c1-10-14(18)16-12(15(19)21-10)7-8-13(17)20-9-11-5-3-2-4-6-11/h2-6,10,12H,7-9H2,1H3,(H,16,18). The average molecular weight is 291 g/mol. The third-order valence-electron chi connectivity index (χ3n) is 3.14. The van der Waals surface area contributed by atoms with Crippen molar-refractivity contribution in [3.05, 3.63) is 35.9 Å². The van der Waals surface area contributed by atoms with Gasteiger partial charge in [-0.15, -0.1) is 0 Å². The molecule has 21 heavy (non-hydrogen) atoms. The summed E-state index contributed by atoms with van der Waals surface area (Å²) >= 11 is 0. The molecule has 6 heteroatoms. The van der Waals surface area contributed by atoms with E-state index in [2.05, 4.69) is 5.32 Å². The van der Waals surface area contributed by atoms with Crippen molar-refractivity contribution in [3.63, 3.8) is 0 Å². The van der Waals surface area contributed by atoms with Gasteiger partial charge in [0, 0.05) is 6.42 Å². The lowest BCUT2D eigenvalue weighted by Gasteiger charge is -2.26. The maximum absolute atomic E-state index is 11.6. The van der Waals surface area contributed by atoms with Crippen LogP contribution in [0.3, 0.4) is 0 Å². The number of ether oxygens (including phenoxy) is 2. The first-order valence-electron chi connectivity index (χ1n) is 6.76. The first kappa shape index (κ1) is 15.0. The molecule has 1 amide bonds. The second-order valence-electron chi connectivity index (χ2n) is 4.83. The van der Waals surface area contributed by atoms with Gasteiger partial charge in [-0.05, 0) is 18.9 Å². The highest BCUT2D eigenvalue weighted by molar-refractivity contribution is 5.92. The molecule has 0 spiro atoms. The van der Waals surface area contributed by atoms with Crippen molar-refractivity contribution < 1.29 is 23.9 Å². The normalized spacial score (nSPS) is 21.4. The molecule has 1 saturated heterocycles. The van der Waals surface area contributed by atoms with Crippen LogP contribution < -0.4 is 5.32 Å². The number of carbonyl (C=O) groups is 3. The zero-order valence-electron chi connectivity index (χ0n) is 11.7. The lowest BCUT2D eigenvalue weighted by molar-refractivity contribution is -0.164. The molecule has 112 valence electrons. The molecule has 2 unspecified atom stereocenters. The van der Waals surface area contributed by atoms with Crippen LogP contribution in [0.15, 0.2) is 30.3 Å². The Balaban J connectivity index is 1.74. The Morgan fingerprint density at radius 2 is 2.00 bits per heavy atom. The summed E-state index contributed by atoms with van der Waals surface area (Å²) in [6.07, 6.45) is -0.564. The van der Waals surface area contributed by atoms with E-state index in [-0.39, 0.29) is 25.4 Å². The van der Waals surface area contributed by atoms with Gasteiger partial charge in [0.2, 0.25) is 0 Å². The number of hydrogen-bond acceptors (Lipinski definition) is 5. The van der Waals surface area contributed by atoms with Gasteiger partial charge in [-0.3, -0.25) is 9.59 Å². The molecule has 1 heterocycles. The molecule has 1 N–H and O–H groups in total. The molecule has 1 aromatic carbocycles. The molecule has 0 aliphatic carbocycles. The summed E-state index contributed by atoms with van der Waals surface area (Å²) in [5.41, 5.74) is 0.894. The minimum absolute atomic E-state index is 0.0429. The number of nitrogens with one attached hydrogen (secondary N) is 1. The van der Waals surface area contributed by atoms with Crippen molar-refractivity contribution in [2.45, 2.75) is 38.5 Å². The van der Waals surface area contributed by atoms with Crippen molar-refractivity contribution >= 4 is 17.8 Å². The van der Waals surface area contributed by atoms with Gasteiger partial charge in [0.1, 0.15) is 12.6 Å². The minimum atomic E-state index is -0.780. The summed E-state index contributed by atoms with van der Waals surface area (Å²) in [5, 5.41) is 2.52. The fourth-order valence-electron chi connectivity index (χ4n) is 1.92. The van der Waals surface area contributed by atoms with E-state index in [1.807, 2.05) is 30.3 Å². The Bertz CT molecular complexity index is 528. The van der Waals surface area contributed by atoms with Crippen LogP contribution in [0, 0.1) is 0 Å². The highest BCUT2D eigenvalue weighted by Gasteiger charge is 2.33. The molecular weight excluding hydrogens is 274 g/mol. The predicted octanol–water partition coefficient (Wildman–Crippen LogP) is 0.940. The maximum Gasteiger partial charge on any atom is 0.329 e. The van der Waals surface area contributed by atoms with E-state index in [4.69, 9.17) is 9.47 Å². The van der Waals surface area contributed by atoms with E-state index in [1.165, 1.54) is 6.92 Å². The van der Waals surface area contributed by atoms with Crippen LogP contribution in [0.25, 0.3) is 0 Å². The van der Waals surface area contributed by atoms with E-state index in [0.717, 1.165) is 5.56 Å². The summed E-state index contributed by atoms with van der Waals surface area (Å²) in [6, 6.07) is 8.53. The van der Waals surface area contributed by atoms with Crippen molar-refractivity contribution in [3.8, 4) is 0 Å². The quantitative estimate of drug-likeness (QED) is 0.816. The second kappa shape index (κ2) is 6.88. The molecule has 1 aliphatic rings. The van der Waals surface area contributed by atoms with Crippen LogP contribution in [0.4, 0.5) is 0 Å². The Morgan fingerprint density at radius 1 is 1.29 bits per heavy atom. The minimum Gasteiger partial charge on any atom is -0.461 e. The summed E-state index contributed by atoms with van der Waals surface area (Å²) in [5.74, 6) is -1.28. The fraction of sp³-hybridized carbons (Fsp3) is 0.400. The van der Waals surface area contributed by atoms with E-state index in [1.54, 1.807) is 0 Å². The van der Waals surface area contributed by atoms with Crippen LogP contribution in [-0.4, -0.2) is 30.0 Å². The zero-order valence-corrected chi connectivity index (χ0v) is 11.7. The number of rotatable bonds is 5. The van der Waals surface area contributed by atoms with Crippen LogP contribution in [0.2, 0.25) is 0 Å². The molecule has 0 bridgehead atoms. The lowest BCUT2D eigenvalue weighted by Crippen LogP contribution is -2.53. The number of carbonyl (C=O) groups excluding carboxylic acids is 3. The van der Waals surface area contributed by atoms with Crippen molar-refractivity contribution in [2.24, 2.45) is 0 Å². The van der Waals surface area contributed by atoms with Crippen LogP contribution in [0.1, 0.15) is 25.3 Å². The smallest absolute Gasteiger partial charge is 0.329 e. The van der Waals surface area contributed by atoms with Crippen LogP contribution >= 0.6 is 0 Å². The third-order valence-corrected chi connectivity index (χ3v) is 3.14. The van der Waals surface area contributed by atoms with Gasteiger partial charge < -0.3 is 14.8 Å². The van der Waals surface area contributed by atoms with Gasteiger partial charge in [-0.25, -0.2) is 4.79 Å². The van der Waals surface area contributed by atoms with E-state index in [9.17, 15) is 14.4 Å². The van der Waals surface area contributed by atoms with Gasteiger partial charge in [-0.1, -0.05) is 30.3 Å². The van der Waals surface area contributed by atoms with Crippen molar-refractivity contribution in [1.29, 1.82) is 0 Å². The zero-order chi connectivity index (χ0) is 15.2. The van der Waals surface area contributed by atoms with Gasteiger partial charge in [0.05, 0.1) is 0 Å². The molecule has 0 aromatic heterocycles. The van der Waals surface area contributed by atoms with Gasteiger partial charge >= 0.3 is 11.9 Å². The molecule has 1 fully saturated rings.